The van der Waals surface area contributed by atoms with Crippen LogP contribution in [0.25, 0.3) is 0 Å². The van der Waals surface area contributed by atoms with Gasteiger partial charge in [0.1, 0.15) is 0 Å². The second-order valence-corrected chi connectivity index (χ2v) is 8.01. The van der Waals surface area contributed by atoms with Gasteiger partial charge in [0.2, 0.25) is 10.0 Å². The first-order chi connectivity index (χ1) is 8.85. The van der Waals surface area contributed by atoms with Crippen molar-refractivity contribution in [3.8, 4) is 0 Å². The number of sulfonamides is 1. The second kappa shape index (κ2) is 7.57. The molecule has 0 bridgehead atoms. The highest BCUT2D eigenvalue weighted by atomic mass is 32.2. The lowest BCUT2D eigenvalue weighted by Gasteiger charge is -2.26. The lowest BCUT2D eigenvalue weighted by atomic mass is 9.90. The summed E-state index contributed by atoms with van der Waals surface area (Å²) in [6, 6.07) is 0.105. The maximum Gasteiger partial charge on any atom is 0.213 e. The van der Waals surface area contributed by atoms with Gasteiger partial charge in [-0.1, -0.05) is 20.3 Å². The van der Waals surface area contributed by atoms with Crippen LogP contribution in [-0.4, -0.2) is 47.0 Å². The molecule has 1 atom stereocenters. The summed E-state index contributed by atoms with van der Waals surface area (Å²) < 4.78 is 31.8. The first-order valence-electron chi connectivity index (χ1n) is 7.04. The van der Waals surface area contributed by atoms with Crippen LogP contribution in [0, 0.1) is 5.41 Å². The van der Waals surface area contributed by atoms with Gasteiger partial charge in [-0.15, -0.1) is 0 Å². The molecular weight excluding hydrogens is 264 g/mol. The summed E-state index contributed by atoms with van der Waals surface area (Å²) in [5, 5.41) is 3.27. The van der Waals surface area contributed by atoms with Gasteiger partial charge >= 0.3 is 0 Å². The summed E-state index contributed by atoms with van der Waals surface area (Å²) in [6.07, 6.45) is 4.06. The molecule has 0 spiro atoms. The zero-order valence-electron chi connectivity index (χ0n) is 12.4. The zero-order valence-corrected chi connectivity index (χ0v) is 13.2. The molecule has 1 heterocycles. The van der Waals surface area contributed by atoms with E-state index in [1.54, 1.807) is 7.11 Å². The van der Waals surface area contributed by atoms with Crippen LogP contribution in [0.5, 0.6) is 0 Å². The van der Waals surface area contributed by atoms with E-state index in [1.807, 2.05) is 13.8 Å². The van der Waals surface area contributed by atoms with Crippen molar-refractivity contribution in [1.82, 2.24) is 10.0 Å². The number of ether oxygens (including phenoxy) is 1. The molecular formula is C13H28N2O3S. The van der Waals surface area contributed by atoms with Crippen molar-refractivity contribution in [2.75, 3.05) is 32.6 Å². The van der Waals surface area contributed by atoms with Crippen LogP contribution < -0.4 is 10.0 Å². The lowest BCUT2D eigenvalue weighted by molar-refractivity contribution is 0.153. The first-order valence-corrected chi connectivity index (χ1v) is 8.69. The van der Waals surface area contributed by atoms with Crippen molar-refractivity contribution in [3.63, 3.8) is 0 Å². The van der Waals surface area contributed by atoms with Gasteiger partial charge in [-0.25, -0.2) is 13.1 Å². The summed E-state index contributed by atoms with van der Waals surface area (Å²) in [6.45, 7) is 6.14. The van der Waals surface area contributed by atoms with Gasteiger partial charge in [-0.05, 0) is 31.2 Å². The second-order valence-electron chi connectivity index (χ2n) is 6.16. The van der Waals surface area contributed by atoms with E-state index in [9.17, 15) is 8.42 Å². The van der Waals surface area contributed by atoms with Crippen LogP contribution in [0.3, 0.4) is 0 Å². The van der Waals surface area contributed by atoms with Crippen molar-refractivity contribution in [2.24, 2.45) is 5.41 Å². The Bertz CT molecular complexity index is 349. The molecule has 0 aromatic rings. The topological polar surface area (TPSA) is 67.4 Å². The molecule has 0 aromatic carbocycles. The van der Waals surface area contributed by atoms with Crippen molar-refractivity contribution < 1.29 is 13.2 Å². The van der Waals surface area contributed by atoms with Gasteiger partial charge < -0.3 is 10.1 Å². The summed E-state index contributed by atoms with van der Waals surface area (Å²) in [4.78, 5) is 0. The first kappa shape index (κ1) is 16.9. The monoisotopic (exact) mass is 292 g/mol. The van der Waals surface area contributed by atoms with Crippen LogP contribution in [-0.2, 0) is 14.8 Å². The molecule has 5 nitrogen and oxygen atoms in total. The lowest BCUT2D eigenvalue weighted by Crippen LogP contribution is -2.44. The molecule has 0 saturated carbocycles. The molecule has 1 aliphatic rings. The molecule has 0 aromatic heterocycles. The van der Waals surface area contributed by atoms with Crippen molar-refractivity contribution in [1.29, 1.82) is 0 Å². The van der Waals surface area contributed by atoms with Gasteiger partial charge in [0, 0.05) is 26.3 Å². The van der Waals surface area contributed by atoms with E-state index < -0.39 is 10.0 Å². The number of methoxy groups -OCH3 is 1. The van der Waals surface area contributed by atoms with Gasteiger partial charge in [-0.2, -0.15) is 0 Å². The molecule has 19 heavy (non-hydrogen) atoms. The molecule has 1 unspecified atom stereocenters. The van der Waals surface area contributed by atoms with Gasteiger partial charge in [0.05, 0.1) is 5.75 Å². The van der Waals surface area contributed by atoms with Crippen molar-refractivity contribution in [3.05, 3.63) is 0 Å². The van der Waals surface area contributed by atoms with E-state index in [0.717, 1.165) is 32.2 Å². The molecule has 1 aliphatic heterocycles. The Morgan fingerprint density at radius 2 is 2.11 bits per heavy atom. The standard InChI is InChI=1S/C13H28N2O3S/c1-13(2,7-9-18-3)11-15-19(16,17)10-12-6-4-5-8-14-12/h12,14-15H,4-11H2,1-3H3. The van der Waals surface area contributed by atoms with Crippen LogP contribution in [0.4, 0.5) is 0 Å². The SMILES string of the molecule is COCCC(C)(C)CNS(=O)(=O)CC1CCCCN1. The Hall–Kier alpha value is -0.170. The molecule has 0 amide bonds. The maximum absolute atomic E-state index is 12.0. The molecule has 0 aliphatic carbocycles. The van der Waals surface area contributed by atoms with E-state index in [1.165, 1.54) is 0 Å². The fourth-order valence-electron chi connectivity index (χ4n) is 2.16. The average Bonchev–Trinajstić information content (AvgIpc) is 2.35. The number of hydrogen-bond acceptors (Lipinski definition) is 4. The van der Waals surface area contributed by atoms with Crippen LogP contribution >= 0.6 is 0 Å². The normalized spacial score (nSPS) is 21.5. The Morgan fingerprint density at radius 1 is 1.37 bits per heavy atom. The Kier molecular flexibility index (Phi) is 6.73. The van der Waals surface area contributed by atoms with Crippen LogP contribution in [0.2, 0.25) is 0 Å². The van der Waals surface area contributed by atoms with Crippen molar-refractivity contribution in [2.45, 2.75) is 45.6 Å². The summed E-state index contributed by atoms with van der Waals surface area (Å²) in [7, 11) is -1.53. The molecule has 0 radical (unpaired) electrons. The zero-order chi connectivity index (χ0) is 14.4. The predicted octanol–water partition coefficient (Wildman–Crippen LogP) is 1.11. The predicted molar refractivity (Wildman–Crippen MR) is 77.7 cm³/mol. The minimum Gasteiger partial charge on any atom is -0.385 e. The highest BCUT2D eigenvalue weighted by Crippen LogP contribution is 2.19. The molecule has 1 fully saturated rings. The van der Waals surface area contributed by atoms with E-state index >= 15 is 0 Å². The summed E-state index contributed by atoms with van der Waals surface area (Å²) in [5.74, 6) is 0.188. The van der Waals surface area contributed by atoms with Crippen LogP contribution in [0.1, 0.15) is 39.5 Å². The number of piperidine rings is 1. The minimum absolute atomic E-state index is 0.0803. The molecule has 114 valence electrons. The third-order valence-corrected chi connectivity index (χ3v) is 5.01. The van der Waals surface area contributed by atoms with Crippen LogP contribution in [0.15, 0.2) is 0 Å². The largest absolute Gasteiger partial charge is 0.385 e. The third-order valence-electron chi connectivity index (χ3n) is 3.59. The average molecular weight is 292 g/mol. The smallest absolute Gasteiger partial charge is 0.213 e. The molecule has 2 N–H and O–H groups in total. The molecule has 1 rings (SSSR count). The summed E-state index contributed by atoms with van der Waals surface area (Å²) >= 11 is 0. The number of nitrogens with one attached hydrogen (secondary N) is 2. The Labute approximate surface area is 117 Å². The summed E-state index contributed by atoms with van der Waals surface area (Å²) in [5.41, 5.74) is -0.0803. The maximum atomic E-state index is 12.0. The van der Waals surface area contributed by atoms with E-state index in [0.29, 0.717) is 13.2 Å². The minimum atomic E-state index is -3.19. The van der Waals surface area contributed by atoms with Gasteiger partial charge in [0.15, 0.2) is 0 Å². The molecule has 1 saturated heterocycles. The third kappa shape index (κ3) is 7.25. The van der Waals surface area contributed by atoms with E-state index in [2.05, 4.69) is 10.0 Å². The van der Waals surface area contributed by atoms with Gasteiger partial charge in [-0.3, -0.25) is 0 Å². The highest BCUT2D eigenvalue weighted by molar-refractivity contribution is 7.89. The Balaban J connectivity index is 2.37. The Morgan fingerprint density at radius 3 is 2.68 bits per heavy atom. The fraction of sp³-hybridized carbons (Fsp3) is 1.00. The van der Waals surface area contributed by atoms with E-state index in [-0.39, 0.29) is 17.2 Å². The molecule has 6 heteroatoms. The number of hydrogen-bond donors (Lipinski definition) is 2. The van der Waals surface area contributed by atoms with Gasteiger partial charge in [0.25, 0.3) is 0 Å². The quantitative estimate of drug-likeness (QED) is 0.703. The highest BCUT2D eigenvalue weighted by Gasteiger charge is 2.24. The van der Waals surface area contributed by atoms with Crippen molar-refractivity contribution >= 4 is 10.0 Å². The van der Waals surface area contributed by atoms with E-state index in [4.69, 9.17) is 4.74 Å². The fourth-order valence-corrected chi connectivity index (χ4v) is 3.70. The number of rotatable bonds is 8.